The number of rotatable bonds is 4. The Morgan fingerprint density at radius 3 is 2.62 bits per heavy atom. The predicted octanol–water partition coefficient (Wildman–Crippen LogP) is 1.65. The van der Waals surface area contributed by atoms with E-state index in [0.717, 1.165) is 16.9 Å². The van der Waals surface area contributed by atoms with Crippen molar-refractivity contribution in [1.82, 2.24) is 0 Å². The van der Waals surface area contributed by atoms with Crippen LogP contribution in [0.4, 0.5) is 0 Å². The smallest absolute Gasteiger partial charge is 0.305 e. The number of carboxylic acid groups (broad SMARTS) is 1. The average molecular weight is 223 g/mol. The van der Waals surface area contributed by atoms with Crippen molar-refractivity contribution in [2.24, 2.45) is 5.73 Å². The van der Waals surface area contributed by atoms with Crippen LogP contribution in [0.2, 0.25) is 0 Å². The maximum atomic E-state index is 10.7. The van der Waals surface area contributed by atoms with E-state index in [1.807, 2.05) is 13.0 Å². The van der Waals surface area contributed by atoms with Gasteiger partial charge in [-0.25, -0.2) is 0 Å². The SMILES string of the molecule is COc1ccc(C(C)(N)CC(=O)O)cc1C. The van der Waals surface area contributed by atoms with Gasteiger partial charge >= 0.3 is 5.97 Å². The van der Waals surface area contributed by atoms with Crippen LogP contribution in [0.3, 0.4) is 0 Å². The Balaban J connectivity index is 3.04. The number of aryl methyl sites for hydroxylation is 1. The van der Waals surface area contributed by atoms with Crippen LogP contribution in [0.5, 0.6) is 5.75 Å². The highest BCUT2D eigenvalue weighted by Crippen LogP contribution is 2.26. The lowest BCUT2D eigenvalue weighted by Crippen LogP contribution is -2.35. The summed E-state index contributed by atoms with van der Waals surface area (Å²) in [5.74, 6) is -0.131. The van der Waals surface area contributed by atoms with Gasteiger partial charge in [-0.15, -0.1) is 0 Å². The minimum Gasteiger partial charge on any atom is -0.496 e. The fourth-order valence-electron chi connectivity index (χ4n) is 1.65. The van der Waals surface area contributed by atoms with Crippen LogP contribution in [-0.4, -0.2) is 18.2 Å². The van der Waals surface area contributed by atoms with Gasteiger partial charge in [0.05, 0.1) is 13.5 Å². The second kappa shape index (κ2) is 4.53. The molecular weight excluding hydrogens is 206 g/mol. The Hall–Kier alpha value is -1.55. The monoisotopic (exact) mass is 223 g/mol. The summed E-state index contributed by atoms with van der Waals surface area (Å²) in [4.78, 5) is 10.7. The second-order valence-electron chi connectivity index (χ2n) is 4.17. The van der Waals surface area contributed by atoms with Crippen molar-refractivity contribution >= 4 is 5.97 Å². The molecule has 4 nitrogen and oxygen atoms in total. The third-order valence-electron chi connectivity index (χ3n) is 2.57. The predicted molar refractivity (Wildman–Crippen MR) is 61.5 cm³/mol. The molecule has 0 heterocycles. The van der Waals surface area contributed by atoms with E-state index in [1.54, 1.807) is 26.2 Å². The Morgan fingerprint density at radius 1 is 1.56 bits per heavy atom. The van der Waals surface area contributed by atoms with Crippen molar-refractivity contribution in [1.29, 1.82) is 0 Å². The molecule has 3 N–H and O–H groups in total. The lowest BCUT2D eigenvalue weighted by molar-refractivity contribution is -0.138. The van der Waals surface area contributed by atoms with Crippen LogP contribution >= 0.6 is 0 Å². The highest BCUT2D eigenvalue weighted by atomic mass is 16.5. The maximum Gasteiger partial charge on any atom is 0.305 e. The van der Waals surface area contributed by atoms with Crippen LogP contribution in [0.1, 0.15) is 24.5 Å². The molecule has 1 atom stereocenters. The third-order valence-corrected chi connectivity index (χ3v) is 2.57. The standard InChI is InChI=1S/C12H17NO3/c1-8-6-9(4-5-10(8)16-3)12(2,13)7-11(14)15/h4-6H,7,13H2,1-3H3,(H,14,15). The van der Waals surface area contributed by atoms with Crippen molar-refractivity contribution in [2.75, 3.05) is 7.11 Å². The number of aliphatic carboxylic acids is 1. The minimum absolute atomic E-state index is 0.0984. The summed E-state index contributed by atoms with van der Waals surface area (Å²) in [5.41, 5.74) is 6.87. The maximum absolute atomic E-state index is 10.7. The van der Waals surface area contributed by atoms with E-state index in [-0.39, 0.29) is 6.42 Å². The molecule has 0 aromatic heterocycles. The molecule has 4 heteroatoms. The molecule has 0 aliphatic carbocycles. The summed E-state index contributed by atoms with van der Waals surface area (Å²) in [6.07, 6.45) is -0.0984. The van der Waals surface area contributed by atoms with Gasteiger partial charge in [0.15, 0.2) is 0 Å². The minimum atomic E-state index is -0.904. The first kappa shape index (κ1) is 12.5. The highest BCUT2D eigenvalue weighted by Gasteiger charge is 2.25. The number of ether oxygens (including phenoxy) is 1. The topological polar surface area (TPSA) is 72.5 Å². The molecule has 16 heavy (non-hydrogen) atoms. The zero-order chi connectivity index (χ0) is 12.3. The van der Waals surface area contributed by atoms with E-state index in [4.69, 9.17) is 15.6 Å². The van der Waals surface area contributed by atoms with Gasteiger partial charge in [-0.2, -0.15) is 0 Å². The number of methoxy groups -OCH3 is 1. The Kier molecular flexibility index (Phi) is 3.55. The molecule has 1 rings (SSSR count). The summed E-state index contributed by atoms with van der Waals surface area (Å²) in [6, 6.07) is 5.47. The van der Waals surface area contributed by atoms with Crippen LogP contribution in [0, 0.1) is 6.92 Å². The van der Waals surface area contributed by atoms with E-state index in [9.17, 15) is 4.79 Å². The first-order valence-corrected chi connectivity index (χ1v) is 5.02. The molecule has 0 radical (unpaired) electrons. The van der Waals surface area contributed by atoms with E-state index < -0.39 is 11.5 Å². The van der Waals surface area contributed by atoms with Gasteiger partial charge in [-0.05, 0) is 31.0 Å². The summed E-state index contributed by atoms with van der Waals surface area (Å²) in [7, 11) is 1.60. The van der Waals surface area contributed by atoms with Gasteiger partial charge in [0.25, 0.3) is 0 Å². The summed E-state index contributed by atoms with van der Waals surface area (Å²) in [6.45, 7) is 3.61. The molecule has 1 unspecified atom stereocenters. The number of benzene rings is 1. The van der Waals surface area contributed by atoms with E-state index >= 15 is 0 Å². The van der Waals surface area contributed by atoms with Crippen LogP contribution in [0.25, 0.3) is 0 Å². The second-order valence-corrected chi connectivity index (χ2v) is 4.17. The molecule has 0 aliphatic heterocycles. The van der Waals surface area contributed by atoms with Crippen LogP contribution < -0.4 is 10.5 Å². The first-order chi connectivity index (χ1) is 7.36. The lowest BCUT2D eigenvalue weighted by atomic mass is 9.89. The zero-order valence-electron chi connectivity index (χ0n) is 9.78. The normalized spacial score (nSPS) is 14.2. The van der Waals surface area contributed by atoms with Crippen molar-refractivity contribution in [3.63, 3.8) is 0 Å². The number of carbonyl (C=O) groups is 1. The molecule has 1 aromatic carbocycles. The fourth-order valence-corrected chi connectivity index (χ4v) is 1.65. The molecule has 0 spiro atoms. The highest BCUT2D eigenvalue weighted by molar-refractivity contribution is 5.68. The molecule has 0 saturated heterocycles. The molecule has 0 fully saturated rings. The molecule has 0 amide bonds. The van der Waals surface area contributed by atoms with Gasteiger partial charge in [0, 0.05) is 5.54 Å². The molecule has 0 bridgehead atoms. The van der Waals surface area contributed by atoms with Gasteiger partial charge in [0.1, 0.15) is 5.75 Å². The van der Waals surface area contributed by atoms with Crippen LogP contribution in [-0.2, 0) is 10.3 Å². The van der Waals surface area contributed by atoms with Gasteiger partial charge in [-0.3, -0.25) is 4.79 Å². The zero-order valence-corrected chi connectivity index (χ0v) is 9.78. The summed E-state index contributed by atoms with van der Waals surface area (Å²) < 4.78 is 5.14. The Bertz CT molecular complexity index is 399. The number of hydrogen-bond acceptors (Lipinski definition) is 3. The average Bonchev–Trinajstić information content (AvgIpc) is 2.15. The van der Waals surface area contributed by atoms with E-state index in [1.165, 1.54) is 0 Å². The lowest BCUT2D eigenvalue weighted by Gasteiger charge is -2.24. The van der Waals surface area contributed by atoms with Gasteiger partial charge in [0.2, 0.25) is 0 Å². The Morgan fingerprint density at radius 2 is 2.19 bits per heavy atom. The first-order valence-electron chi connectivity index (χ1n) is 5.02. The van der Waals surface area contributed by atoms with Gasteiger partial charge < -0.3 is 15.6 Å². The molecule has 1 aromatic rings. The van der Waals surface area contributed by atoms with Crippen molar-refractivity contribution in [2.45, 2.75) is 25.8 Å². The fraction of sp³-hybridized carbons (Fsp3) is 0.417. The molecule has 0 aliphatic rings. The number of carboxylic acids is 1. The third kappa shape index (κ3) is 2.73. The summed E-state index contributed by atoms with van der Waals surface area (Å²) in [5, 5.41) is 8.78. The van der Waals surface area contributed by atoms with E-state index in [2.05, 4.69) is 0 Å². The largest absolute Gasteiger partial charge is 0.496 e. The Labute approximate surface area is 95.0 Å². The molecule has 88 valence electrons. The van der Waals surface area contributed by atoms with E-state index in [0.29, 0.717) is 0 Å². The molecular formula is C12H17NO3. The quantitative estimate of drug-likeness (QED) is 0.814. The number of nitrogens with two attached hydrogens (primary N) is 1. The molecule has 0 saturated carbocycles. The van der Waals surface area contributed by atoms with Crippen molar-refractivity contribution in [3.8, 4) is 5.75 Å². The number of hydrogen-bond donors (Lipinski definition) is 2. The van der Waals surface area contributed by atoms with Crippen molar-refractivity contribution < 1.29 is 14.6 Å². The van der Waals surface area contributed by atoms with Crippen LogP contribution in [0.15, 0.2) is 18.2 Å². The van der Waals surface area contributed by atoms with Crippen molar-refractivity contribution in [3.05, 3.63) is 29.3 Å². The summed E-state index contributed by atoms with van der Waals surface area (Å²) >= 11 is 0. The van der Waals surface area contributed by atoms with Gasteiger partial charge in [-0.1, -0.05) is 12.1 Å².